The third kappa shape index (κ3) is 3.95. The monoisotopic (exact) mass is 400 g/mol. The van der Waals surface area contributed by atoms with Gasteiger partial charge in [0.2, 0.25) is 5.82 Å². The summed E-state index contributed by atoms with van der Waals surface area (Å²) in [6.45, 7) is 0. The Kier molecular flexibility index (Phi) is 5.86. The largest absolute Gasteiger partial charge is 0.497 e. The van der Waals surface area contributed by atoms with E-state index < -0.39 is 0 Å². The van der Waals surface area contributed by atoms with E-state index in [-0.39, 0.29) is 12.1 Å². The van der Waals surface area contributed by atoms with Gasteiger partial charge in [-0.05, 0) is 45.8 Å². The number of hydrogen-bond acceptors (Lipinski definition) is 4. The van der Waals surface area contributed by atoms with Crippen LogP contribution in [0.3, 0.4) is 0 Å². The summed E-state index contributed by atoms with van der Waals surface area (Å²) in [5.74, 6) is 1.65. The zero-order valence-electron chi connectivity index (χ0n) is 17.4. The smallest absolute Gasteiger partial charge is 0.215 e. The minimum atomic E-state index is -0.113. The lowest BCUT2D eigenvalue weighted by molar-refractivity contribution is -0.886. The Morgan fingerprint density at radius 3 is 1.83 bits per heavy atom. The predicted octanol–water partition coefficient (Wildman–Crippen LogP) is 2.55. The molecule has 0 bridgehead atoms. The number of aromatic nitrogens is 4. The number of nitrogens with zero attached hydrogens (tertiary/aromatic N) is 4. The molecule has 0 amide bonds. The van der Waals surface area contributed by atoms with Gasteiger partial charge in [-0.2, -0.15) is 0 Å². The molecule has 1 heterocycles. The standard InChI is InChI=1S/C24H25N5O/c1-28(2)23(20-14-16-21(30-3)17-15-20)24-25-26-27-29(24)22(18-10-6-4-7-11-18)19-12-8-5-9-13-19/h4-17,22-23H,1-3H3/p+1/t23-/m1/s1. The van der Waals surface area contributed by atoms with Crippen molar-refractivity contribution in [3.8, 4) is 5.75 Å². The summed E-state index contributed by atoms with van der Waals surface area (Å²) in [6.07, 6.45) is 0. The zero-order chi connectivity index (χ0) is 20.9. The predicted molar refractivity (Wildman–Crippen MR) is 116 cm³/mol. The number of methoxy groups -OCH3 is 1. The molecule has 6 heteroatoms. The molecule has 30 heavy (non-hydrogen) atoms. The molecule has 152 valence electrons. The minimum absolute atomic E-state index is 0.0270. The van der Waals surface area contributed by atoms with Gasteiger partial charge in [-0.25, -0.2) is 4.68 Å². The fourth-order valence-corrected chi connectivity index (χ4v) is 3.86. The molecular weight excluding hydrogens is 374 g/mol. The lowest BCUT2D eigenvalue weighted by atomic mass is 9.97. The average Bonchev–Trinajstić information content (AvgIpc) is 3.24. The summed E-state index contributed by atoms with van der Waals surface area (Å²) >= 11 is 0. The van der Waals surface area contributed by atoms with Gasteiger partial charge in [0.25, 0.3) is 0 Å². The number of quaternary nitrogens is 1. The average molecular weight is 401 g/mol. The summed E-state index contributed by atoms with van der Waals surface area (Å²) in [5, 5.41) is 13.0. The number of ether oxygens (including phenoxy) is 1. The van der Waals surface area contributed by atoms with E-state index in [4.69, 9.17) is 4.74 Å². The van der Waals surface area contributed by atoms with Gasteiger partial charge in [-0.1, -0.05) is 60.7 Å². The second-order valence-electron chi connectivity index (χ2n) is 7.49. The molecule has 4 rings (SSSR count). The highest BCUT2D eigenvalue weighted by Gasteiger charge is 2.31. The first-order valence-electron chi connectivity index (χ1n) is 10.0. The van der Waals surface area contributed by atoms with Crippen molar-refractivity contribution in [1.82, 2.24) is 20.2 Å². The molecule has 0 aliphatic rings. The van der Waals surface area contributed by atoms with Crippen molar-refractivity contribution in [3.63, 3.8) is 0 Å². The van der Waals surface area contributed by atoms with Gasteiger partial charge in [0.1, 0.15) is 11.8 Å². The molecule has 0 radical (unpaired) electrons. The van der Waals surface area contributed by atoms with Crippen LogP contribution in [0.25, 0.3) is 0 Å². The Balaban J connectivity index is 1.84. The second-order valence-corrected chi connectivity index (χ2v) is 7.49. The van der Waals surface area contributed by atoms with E-state index in [1.807, 2.05) is 53.2 Å². The summed E-state index contributed by atoms with van der Waals surface area (Å²) in [5.41, 5.74) is 3.41. The van der Waals surface area contributed by atoms with Crippen LogP contribution < -0.4 is 9.64 Å². The molecule has 0 fully saturated rings. The van der Waals surface area contributed by atoms with E-state index in [1.165, 1.54) is 4.90 Å². The molecule has 1 atom stereocenters. The van der Waals surface area contributed by atoms with Crippen molar-refractivity contribution in [1.29, 1.82) is 0 Å². The molecule has 0 saturated heterocycles. The third-order valence-corrected chi connectivity index (χ3v) is 5.28. The molecule has 0 saturated carbocycles. The molecule has 1 N–H and O–H groups in total. The van der Waals surface area contributed by atoms with Gasteiger partial charge in [0.05, 0.1) is 21.2 Å². The van der Waals surface area contributed by atoms with E-state index in [9.17, 15) is 0 Å². The number of nitrogens with one attached hydrogen (secondary N) is 1. The first-order valence-corrected chi connectivity index (χ1v) is 10.0. The normalized spacial score (nSPS) is 12.3. The van der Waals surface area contributed by atoms with Crippen molar-refractivity contribution in [2.45, 2.75) is 12.1 Å². The van der Waals surface area contributed by atoms with Crippen LogP contribution in [-0.4, -0.2) is 41.4 Å². The molecular formula is C24H26N5O+. The minimum Gasteiger partial charge on any atom is -0.497 e. The topological polar surface area (TPSA) is 57.3 Å². The van der Waals surface area contributed by atoms with Crippen LogP contribution in [0.5, 0.6) is 5.75 Å². The van der Waals surface area contributed by atoms with Gasteiger partial charge in [0, 0.05) is 5.56 Å². The molecule has 0 aliphatic heterocycles. The Hall–Kier alpha value is -3.51. The molecule has 0 aliphatic carbocycles. The Morgan fingerprint density at radius 1 is 0.767 bits per heavy atom. The van der Waals surface area contributed by atoms with E-state index in [1.54, 1.807) is 7.11 Å². The fraction of sp³-hybridized carbons (Fsp3) is 0.208. The highest BCUT2D eigenvalue weighted by Crippen LogP contribution is 2.29. The fourth-order valence-electron chi connectivity index (χ4n) is 3.86. The molecule has 4 aromatic rings. The number of tetrazole rings is 1. The van der Waals surface area contributed by atoms with Gasteiger partial charge in [-0.15, -0.1) is 5.10 Å². The van der Waals surface area contributed by atoms with Gasteiger partial charge in [-0.3, -0.25) is 0 Å². The Labute approximate surface area is 176 Å². The van der Waals surface area contributed by atoms with E-state index >= 15 is 0 Å². The molecule has 6 nitrogen and oxygen atoms in total. The maximum Gasteiger partial charge on any atom is 0.215 e. The van der Waals surface area contributed by atoms with Crippen LogP contribution >= 0.6 is 0 Å². The van der Waals surface area contributed by atoms with Crippen LogP contribution in [0.1, 0.15) is 34.6 Å². The number of hydrogen-bond donors (Lipinski definition) is 1. The molecule has 0 unspecified atom stereocenters. The summed E-state index contributed by atoms with van der Waals surface area (Å²) in [7, 11) is 5.91. The third-order valence-electron chi connectivity index (χ3n) is 5.28. The Bertz CT molecular complexity index is 1020. The molecule has 3 aromatic carbocycles. The van der Waals surface area contributed by atoms with Crippen molar-refractivity contribution in [2.75, 3.05) is 21.2 Å². The summed E-state index contributed by atoms with van der Waals surface area (Å²) in [6, 6.07) is 28.7. The Morgan fingerprint density at radius 2 is 1.33 bits per heavy atom. The van der Waals surface area contributed by atoms with Crippen molar-refractivity contribution < 1.29 is 9.64 Å². The van der Waals surface area contributed by atoms with Crippen molar-refractivity contribution in [2.24, 2.45) is 0 Å². The number of benzene rings is 3. The van der Waals surface area contributed by atoms with Gasteiger partial charge < -0.3 is 9.64 Å². The summed E-state index contributed by atoms with van der Waals surface area (Å²) < 4.78 is 7.28. The first kappa shape index (κ1) is 19.8. The highest BCUT2D eigenvalue weighted by molar-refractivity contribution is 5.34. The maximum absolute atomic E-state index is 5.33. The highest BCUT2D eigenvalue weighted by atomic mass is 16.5. The molecule has 1 aromatic heterocycles. The quantitative estimate of drug-likeness (QED) is 0.518. The van der Waals surface area contributed by atoms with Crippen LogP contribution in [0.4, 0.5) is 0 Å². The van der Waals surface area contributed by atoms with Crippen molar-refractivity contribution >= 4 is 0 Å². The van der Waals surface area contributed by atoms with Gasteiger partial charge >= 0.3 is 0 Å². The lowest BCUT2D eigenvalue weighted by Crippen LogP contribution is -3.06. The second kappa shape index (κ2) is 8.88. The van der Waals surface area contributed by atoms with E-state index in [0.717, 1.165) is 28.3 Å². The SMILES string of the molecule is COc1ccc([C@H](c2nnnn2C(c2ccccc2)c2ccccc2)[NH+](C)C)cc1. The molecule has 0 spiro atoms. The van der Waals surface area contributed by atoms with Crippen LogP contribution in [0, 0.1) is 0 Å². The lowest BCUT2D eigenvalue weighted by Gasteiger charge is -2.25. The maximum atomic E-state index is 5.33. The number of rotatable bonds is 7. The van der Waals surface area contributed by atoms with Crippen LogP contribution in [0.2, 0.25) is 0 Å². The van der Waals surface area contributed by atoms with E-state index in [2.05, 4.69) is 66.0 Å². The zero-order valence-corrected chi connectivity index (χ0v) is 17.4. The van der Waals surface area contributed by atoms with Crippen LogP contribution in [-0.2, 0) is 0 Å². The first-order chi connectivity index (χ1) is 14.7. The summed E-state index contributed by atoms with van der Waals surface area (Å²) in [4.78, 5) is 1.22. The van der Waals surface area contributed by atoms with Crippen molar-refractivity contribution in [3.05, 3.63) is 107 Å². The van der Waals surface area contributed by atoms with Crippen LogP contribution in [0.15, 0.2) is 84.9 Å². The van der Waals surface area contributed by atoms with E-state index in [0.29, 0.717) is 0 Å². The van der Waals surface area contributed by atoms with Gasteiger partial charge in [0.15, 0.2) is 6.04 Å².